The summed E-state index contributed by atoms with van der Waals surface area (Å²) in [4.78, 5) is 9.00. The standard InChI is InChI=1S/C25H22N2.C3H8.C2H5FIN/c1-3-5-18-6-8-20(9-7-18)21-10-12-22(13-11-21)25-16-19(4-2)23-17-26-15-14-24(23)27-25;1-3-2;1-5-2(3)4/h4,6-17H,2-3,5H2,1H3;3H2,1-2H3;2,5H,1H3. The molecule has 4 rings (SSSR count). The van der Waals surface area contributed by atoms with E-state index in [1.165, 1.54) is 29.5 Å². The third kappa shape index (κ3) is 8.82. The molecule has 184 valence electrons. The number of aromatic nitrogens is 2. The molecule has 0 aliphatic rings. The first-order chi connectivity index (χ1) is 17.0. The van der Waals surface area contributed by atoms with Gasteiger partial charge in [-0.15, -0.1) is 0 Å². The predicted molar refractivity (Wildman–Crippen MR) is 158 cm³/mol. The number of benzene rings is 2. The average molecular weight is 584 g/mol. The molecular weight excluding hydrogens is 548 g/mol. The summed E-state index contributed by atoms with van der Waals surface area (Å²) < 4.78 is 10.4. The van der Waals surface area contributed by atoms with E-state index in [1.807, 2.05) is 18.3 Å². The highest BCUT2D eigenvalue weighted by atomic mass is 127. The normalized spacial score (nSPS) is 11.0. The summed E-state index contributed by atoms with van der Waals surface area (Å²) in [6.07, 6.45) is 9.04. The molecule has 1 atom stereocenters. The Balaban J connectivity index is 0.000000473. The lowest BCUT2D eigenvalue weighted by atomic mass is 9.99. The summed E-state index contributed by atoms with van der Waals surface area (Å²) in [5.74, 6) is 0. The number of fused-ring (bicyclic) bond motifs is 1. The molecule has 0 fully saturated rings. The number of alkyl halides is 2. The minimum Gasteiger partial charge on any atom is -0.283 e. The number of hydrogen-bond donors (Lipinski definition) is 1. The van der Waals surface area contributed by atoms with Gasteiger partial charge < -0.3 is 0 Å². The van der Waals surface area contributed by atoms with Gasteiger partial charge in [0.2, 0.25) is 4.30 Å². The van der Waals surface area contributed by atoms with E-state index in [4.69, 9.17) is 4.98 Å². The second kappa shape index (κ2) is 15.4. The van der Waals surface area contributed by atoms with Gasteiger partial charge in [0, 0.05) is 23.3 Å². The Morgan fingerprint density at radius 3 is 2.03 bits per heavy atom. The van der Waals surface area contributed by atoms with Gasteiger partial charge in [-0.2, -0.15) is 0 Å². The zero-order valence-electron chi connectivity index (χ0n) is 21.1. The summed E-state index contributed by atoms with van der Waals surface area (Å²) in [5, 5.41) is 3.38. The smallest absolute Gasteiger partial charge is 0.202 e. The van der Waals surface area contributed by atoms with Crippen LogP contribution in [0, 0.1) is 0 Å². The molecule has 0 amide bonds. The van der Waals surface area contributed by atoms with Gasteiger partial charge in [-0.3, -0.25) is 10.3 Å². The van der Waals surface area contributed by atoms with E-state index in [0.29, 0.717) is 0 Å². The van der Waals surface area contributed by atoms with Crippen LogP contribution in [0.5, 0.6) is 0 Å². The van der Waals surface area contributed by atoms with Crippen LogP contribution in [0.25, 0.3) is 39.4 Å². The first-order valence-electron chi connectivity index (χ1n) is 12.0. The van der Waals surface area contributed by atoms with Crippen molar-refractivity contribution >= 4 is 39.6 Å². The van der Waals surface area contributed by atoms with Crippen molar-refractivity contribution in [3.05, 3.63) is 90.8 Å². The fourth-order valence-electron chi connectivity index (χ4n) is 3.40. The highest BCUT2D eigenvalue weighted by Crippen LogP contribution is 2.27. The molecule has 0 saturated carbocycles. The Kier molecular flexibility index (Phi) is 12.6. The van der Waals surface area contributed by atoms with Crippen LogP contribution in [0.2, 0.25) is 0 Å². The Morgan fingerprint density at radius 1 is 0.971 bits per heavy atom. The van der Waals surface area contributed by atoms with Gasteiger partial charge >= 0.3 is 0 Å². The minimum atomic E-state index is -0.896. The summed E-state index contributed by atoms with van der Waals surface area (Å²) in [6.45, 7) is 10.4. The third-order valence-corrected chi connectivity index (χ3v) is 5.71. The zero-order chi connectivity index (χ0) is 25.6. The summed E-state index contributed by atoms with van der Waals surface area (Å²) in [5.41, 5.74) is 7.90. The molecule has 2 heterocycles. The molecule has 0 radical (unpaired) electrons. The molecule has 0 saturated heterocycles. The van der Waals surface area contributed by atoms with Crippen molar-refractivity contribution in [2.24, 2.45) is 0 Å². The maximum absolute atomic E-state index is 11.3. The number of nitrogens with zero attached hydrogens (tertiary/aromatic N) is 2. The van der Waals surface area contributed by atoms with Crippen LogP contribution in [0.15, 0.2) is 79.6 Å². The highest BCUT2D eigenvalue weighted by molar-refractivity contribution is 14.1. The van der Waals surface area contributed by atoms with Crippen LogP contribution in [-0.4, -0.2) is 21.3 Å². The molecular formula is C30H35FIN3. The van der Waals surface area contributed by atoms with Crippen molar-refractivity contribution < 1.29 is 4.39 Å². The van der Waals surface area contributed by atoms with Crippen LogP contribution in [0.1, 0.15) is 44.7 Å². The van der Waals surface area contributed by atoms with Gasteiger partial charge in [0.15, 0.2) is 0 Å². The van der Waals surface area contributed by atoms with E-state index in [0.717, 1.165) is 34.1 Å². The van der Waals surface area contributed by atoms with Crippen LogP contribution >= 0.6 is 22.6 Å². The lowest BCUT2D eigenvalue weighted by Gasteiger charge is -2.08. The van der Waals surface area contributed by atoms with Crippen molar-refractivity contribution in [1.29, 1.82) is 0 Å². The molecule has 2 aromatic heterocycles. The van der Waals surface area contributed by atoms with E-state index in [9.17, 15) is 4.39 Å². The average Bonchev–Trinajstić information content (AvgIpc) is 2.89. The van der Waals surface area contributed by atoms with Crippen molar-refractivity contribution in [1.82, 2.24) is 15.3 Å². The molecule has 1 unspecified atom stereocenters. The Labute approximate surface area is 223 Å². The van der Waals surface area contributed by atoms with Crippen LogP contribution in [0.4, 0.5) is 4.39 Å². The second-order valence-corrected chi connectivity index (χ2v) is 9.11. The Morgan fingerprint density at radius 2 is 1.51 bits per heavy atom. The highest BCUT2D eigenvalue weighted by Gasteiger charge is 2.07. The van der Waals surface area contributed by atoms with E-state index in [1.54, 1.807) is 35.8 Å². The van der Waals surface area contributed by atoms with Gasteiger partial charge in [0.05, 0.1) is 11.2 Å². The van der Waals surface area contributed by atoms with Gasteiger partial charge in [0.1, 0.15) is 0 Å². The molecule has 0 bridgehead atoms. The number of aryl methyl sites for hydroxylation is 1. The first kappa shape index (κ1) is 28.6. The van der Waals surface area contributed by atoms with E-state index >= 15 is 0 Å². The third-order valence-electron chi connectivity index (χ3n) is 5.09. The van der Waals surface area contributed by atoms with E-state index in [2.05, 4.69) is 92.2 Å². The van der Waals surface area contributed by atoms with Crippen molar-refractivity contribution in [3.8, 4) is 22.4 Å². The second-order valence-electron chi connectivity index (χ2n) is 8.01. The molecule has 5 heteroatoms. The number of halogens is 2. The first-order valence-corrected chi connectivity index (χ1v) is 13.2. The number of nitrogens with one attached hydrogen (secondary N) is 1. The van der Waals surface area contributed by atoms with Gasteiger partial charge in [-0.05, 0) is 70.4 Å². The van der Waals surface area contributed by atoms with Crippen LogP contribution < -0.4 is 5.32 Å². The monoisotopic (exact) mass is 583 g/mol. The molecule has 4 aromatic rings. The Hall–Kier alpha value is -2.64. The fourth-order valence-corrected chi connectivity index (χ4v) is 3.40. The topological polar surface area (TPSA) is 37.8 Å². The number of rotatable bonds is 6. The molecule has 2 aromatic carbocycles. The molecule has 3 nitrogen and oxygen atoms in total. The van der Waals surface area contributed by atoms with Crippen molar-refractivity contribution in [2.75, 3.05) is 7.05 Å². The quantitative estimate of drug-likeness (QED) is 0.140. The minimum absolute atomic E-state index is 0.896. The van der Waals surface area contributed by atoms with E-state index < -0.39 is 4.30 Å². The number of hydrogen-bond acceptors (Lipinski definition) is 3. The van der Waals surface area contributed by atoms with Gasteiger partial charge in [-0.25, -0.2) is 9.37 Å². The molecule has 35 heavy (non-hydrogen) atoms. The fraction of sp³-hybridized carbons (Fsp3) is 0.267. The van der Waals surface area contributed by atoms with Gasteiger partial charge in [0.25, 0.3) is 0 Å². The molecule has 0 spiro atoms. The molecule has 0 aliphatic heterocycles. The SMILES string of the molecule is C=Cc1cc(-c2ccc(-c3ccc(CCC)cc3)cc2)nc2ccncc12.CCC.CNC(F)I. The maximum Gasteiger partial charge on any atom is 0.202 e. The van der Waals surface area contributed by atoms with Crippen LogP contribution in [0.3, 0.4) is 0 Å². The Bertz CT molecular complexity index is 1170. The number of pyridine rings is 2. The predicted octanol–water partition coefficient (Wildman–Crippen LogP) is 8.87. The molecule has 0 aliphatic carbocycles. The largest absolute Gasteiger partial charge is 0.283 e. The summed E-state index contributed by atoms with van der Waals surface area (Å²) in [7, 11) is 1.57. The summed E-state index contributed by atoms with van der Waals surface area (Å²) >= 11 is 1.63. The summed E-state index contributed by atoms with van der Waals surface area (Å²) in [6, 6.07) is 21.5. The van der Waals surface area contributed by atoms with Crippen molar-refractivity contribution in [2.45, 2.75) is 44.3 Å². The van der Waals surface area contributed by atoms with Gasteiger partial charge in [-0.1, -0.05) is 94.8 Å². The zero-order valence-corrected chi connectivity index (χ0v) is 23.2. The van der Waals surface area contributed by atoms with Crippen LogP contribution in [-0.2, 0) is 6.42 Å². The lowest BCUT2D eigenvalue weighted by molar-refractivity contribution is 0.428. The van der Waals surface area contributed by atoms with Crippen molar-refractivity contribution in [3.63, 3.8) is 0 Å². The molecule has 1 N–H and O–H groups in total. The maximum atomic E-state index is 11.3. The lowest BCUT2D eigenvalue weighted by Crippen LogP contribution is -2.10. The van der Waals surface area contributed by atoms with E-state index in [-0.39, 0.29) is 0 Å².